The van der Waals surface area contributed by atoms with Gasteiger partial charge in [-0.15, -0.1) is 12.4 Å². The highest BCUT2D eigenvalue weighted by atomic mass is 35.5. The molecule has 0 bridgehead atoms. The van der Waals surface area contributed by atoms with Gasteiger partial charge in [0.1, 0.15) is 0 Å². The normalized spacial score (nSPS) is 13.0. The first-order valence-electron chi connectivity index (χ1n) is 8.10. The number of carbonyl (C=O) groups is 1. The SMILES string of the molecule is CCC[C@@H](N[C@@H](C)Cc1ccccc1)C(=O)c1ccccc1.Cl. The molecule has 0 unspecified atom stereocenters. The summed E-state index contributed by atoms with van der Waals surface area (Å²) in [6.07, 6.45) is 2.80. The molecule has 0 aliphatic carbocycles. The number of hydrogen-bond donors (Lipinski definition) is 1. The largest absolute Gasteiger partial charge is 0.304 e. The zero-order chi connectivity index (χ0) is 15.8. The molecule has 0 radical (unpaired) electrons. The third kappa shape index (κ3) is 6.17. The zero-order valence-electron chi connectivity index (χ0n) is 13.9. The van der Waals surface area contributed by atoms with Crippen molar-refractivity contribution in [3.63, 3.8) is 0 Å². The van der Waals surface area contributed by atoms with Crippen LogP contribution in [-0.2, 0) is 6.42 Å². The molecule has 2 aromatic rings. The second kappa shape index (κ2) is 10.2. The van der Waals surface area contributed by atoms with Crippen molar-refractivity contribution in [2.24, 2.45) is 0 Å². The van der Waals surface area contributed by atoms with Gasteiger partial charge in [0, 0.05) is 11.6 Å². The summed E-state index contributed by atoms with van der Waals surface area (Å²) in [5, 5.41) is 3.52. The van der Waals surface area contributed by atoms with E-state index in [4.69, 9.17) is 0 Å². The molecule has 0 amide bonds. The van der Waals surface area contributed by atoms with Gasteiger partial charge >= 0.3 is 0 Å². The lowest BCUT2D eigenvalue weighted by Crippen LogP contribution is -2.43. The van der Waals surface area contributed by atoms with Gasteiger partial charge in [0.2, 0.25) is 0 Å². The zero-order valence-corrected chi connectivity index (χ0v) is 14.7. The summed E-state index contributed by atoms with van der Waals surface area (Å²) in [7, 11) is 0. The van der Waals surface area contributed by atoms with Crippen molar-refractivity contribution in [3.8, 4) is 0 Å². The van der Waals surface area contributed by atoms with Crippen LogP contribution in [0.3, 0.4) is 0 Å². The van der Waals surface area contributed by atoms with Crippen molar-refractivity contribution < 1.29 is 4.79 Å². The molecular weight excluding hydrogens is 306 g/mol. The molecule has 0 aromatic heterocycles. The average Bonchev–Trinajstić information content (AvgIpc) is 2.55. The molecule has 2 nitrogen and oxygen atoms in total. The van der Waals surface area contributed by atoms with Crippen LogP contribution in [0.5, 0.6) is 0 Å². The van der Waals surface area contributed by atoms with E-state index in [9.17, 15) is 4.79 Å². The van der Waals surface area contributed by atoms with Crippen molar-refractivity contribution in [1.29, 1.82) is 0 Å². The van der Waals surface area contributed by atoms with Gasteiger partial charge in [-0.1, -0.05) is 74.0 Å². The van der Waals surface area contributed by atoms with Gasteiger partial charge in [-0.05, 0) is 25.3 Å². The molecule has 0 heterocycles. The summed E-state index contributed by atoms with van der Waals surface area (Å²) in [4.78, 5) is 12.7. The number of benzene rings is 2. The van der Waals surface area contributed by atoms with Crippen LogP contribution >= 0.6 is 12.4 Å². The van der Waals surface area contributed by atoms with Gasteiger partial charge in [-0.25, -0.2) is 0 Å². The van der Waals surface area contributed by atoms with Crippen LogP contribution in [0.1, 0.15) is 42.6 Å². The molecule has 2 atom stereocenters. The van der Waals surface area contributed by atoms with E-state index in [-0.39, 0.29) is 30.3 Å². The van der Waals surface area contributed by atoms with Crippen molar-refractivity contribution >= 4 is 18.2 Å². The lowest BCUT2D eigenvalue weighted by Gasteiger charge is -2.22. The summed E-state index contributed by atoms with van der Waals surface area (Å²) in [6.45, 7) is 4.27. The predicted molar refractivity (Wildman–Crippen MR) is 99.5 cm³/mol. The third-order valence-corrected chi connectivity index (χ3v) is 3.82. The third-order valence-electron chi connectivity index (χ3n) is 3.82. The molecule has 3 heteroatoms. The van der Waals surface area contributed by atoms with Crippen LogP contribution in [0, 0.1) is 0 Å². The van der Waals surface area contributed by atoms with Crippen molar-refractivity contribution in [1.82, 2.24) is 5.32 Å². The molecule has 2 aromatic carbocycles. The number of halogens is 1. The highest BCUT2D eigenvalue weighted by Gasteiger charge is 2.20. The summed E-state index contributed by atoms with van der Waals surface area (Å²) in [5.41, 5.74) is 2.09. The van der Waals surface area contributed by atoms with E-state index >= 15 is 0 Å². The molecule has 0 fully saturated rings. The van der Waals surface area contributed by atoms with Crippen LogP contribution < -0.4 is 5.32 Å². The Kier molecular flexibility index (Phi) is 8.60. The molecule has 1 N–H and O–H groups in total. The van der Waals surface area contributed by atoms with E-state index in [0.29, 0.717) is 0 Å². The molecule has 0 saturated heterocycles. The smallest absolute Gasteiger partial charge is 0.179 e. The minimum atomic E-state index is -0.105. The Hall–Kier alpha value is -1.64. The minimum Gasteiger partial charge on any atom is -0.304 e. The topological polar surface area (TPSA) is 29.1 Å². The lowest BCUT2D eigenvalue weighted by molar-refractivity contribution is 0.0930. The number of Topliss-reactive ketones (excluding diaryl/α,β-unsaturated/α-hetero) is 1. The highest BCUT2D eigenvalue weighted by molar-refractivity contribution is 6.00. The fourth-order valence-electron chi connectivity index (χ4n) is 2.75. The average molecular weight is 332 g/mol. The molecule has 0 aliphatic heterocycles. The van der Waals surface area contributed by atoms with Crippen LogP contribution in [0.25, 0.3) is 0 Å². The quantitative estimate of drug-likeness (QED) is 0.711. The molecule has 0 aliphatic rings. The first-order valence-corrected chi connectivity index (χ1v) is 8.10. The second-order valence-electron chi connectivity index (χ2n) is 5.83. The highest BCUT2D eigenvalue weighted by Crippen LogP contribution is 2.10. The molecular formula is C20H26ClNO. The maximum atomic E-state index is 12.7. The summed E-state index contributed by atoms with van der Waals surface area (Å²) < 4.78 is 0. The van der Waals surface area contributed by atoms with E-state index in [2.05, 4.69) is 43.4 Å². The Bertz CT molecular complexity index is 571. The number of carbonyl (C=O) groups excluding carboxylic acids is 1. The van der Waals surface area contributed by atoms with Crippen LogP contribution in [0.2, 0.25) is 0 Å². The predicted octanol–water partition coefficient (Wildman–Crippen LogP) is 4.68. The number of nitrogens with one attached hydrogen (secondary N) is 1. The Morgan fingerprint density at radius 2 is 1.57 bits per heavy atom. The van der Waals surface area contributed by atoms with Crippen LogP contribution in [-0.4, -0.2) is 17.9 Å². The van der Waals surface area contributed by atoms with Gasteiger partial charge in [0.15, 0.2) is 5.78 Å². The molecule has 124 valence electrons. The monoisotopic (exact) mass is 331 g/mol. The molecule has 0 spiro atoms. The van der Waals surface area contributed by atoms with E-state index in [1.54, 1.807) is 0 Å². The number of ketones is 1. The Balaban J connectivity index is 0.00000264. The Morgan fingerprint density at radius 3 is 2.13 bits per heavy atom. The van der Waals surface area contributed by atoms with Crippen molar-refractivity contribution in [2.75, 3.05) is 0 Å². The van der Waals surface area contributed by atoms with E-state index < -0.39 is 0 Å². The fraction of sp³-hybridized carbons (Fsp3) is 0.350. The van der Waals surface area contributed by atoms with Gasteiger partial charge in [-0.2, -0.15) is 0 Å². The first-order chi connectivity index (χ1) is 10.7. The first kappa shape index (κ1) is 19.4. The molecule has 23 heavy (non-hydrogen) atoms. The van der Waals surface area contributed by atoms with E-state index in [1.807, 2.05) is 36.4 Å². The maximum absolute atomic E-state index is 12.7. The van der Waals surface area contributed by atoms with E-state index in [0.717, 1.165) is 24.8 Å². The van der Waals surface area contributed by atoms with Crippen molar-refractivity contribution in [3.05, 3.63) is 71.8 Å². The number of rotatable bonds is 8. The van der Waals surface area contributed by atoms with Gasteiger partial charge < -0.3 is 5.32 Å². The summed E-state index contributed by atoms with van der Waals surface area (Å²) in [6, 6.07) is 20.1. The fourth-order valence-corrected chi connectivity index (χ4v) is 2.75. The van der Waals surface area contributed by atoms with Crippen LogP contribution in [0.15, 0.2) is 60.7 Å². The van der Waals surface area contributed by atoms with Crippen molar-refractivity contribution in [2.45, 2.75) is 45.2 Å². The minimum absolute atomic E-state index is 0. The Labute approximate surface area is 145 Å². The van der Waals surface area contributed by atoms with Gasteiger partial charge in [0.25, 0.3) is 0 Å². The molecule has 0 saturated carbocycles. The maximum Gasteiger partial charge on any atom is 0.179 e. The lowest BCUT2D eigenvalue weighted by atomic mass is 9.98. The van der Waals surface area contributed by atoms with Crippen LogP contribution in [0.4, 0.5) is 0 Å². The molecule has 2 rings (SSSR count). The van der Waals surface area contributed by atoms with E-state index in [1.165, 1.54) is 5.56 Å². The van der Waals surface area contributed by atoms with Gasteiger partial charge in [0.05, 0.1) is 6.04 Å². The standard InChI is InChI=1S/C20H25NO.ClH/c1-3-10-19(20(22)18-13-8-5-9-14-18)21-16(2)15-17-11-6-4-7-12-17;/h4-9,11-14,16,19,21H,3,10,15H2,1-2H3;1H/t16-,19+;/m0./s1. The summed E-state index contributed by atoms with van der Waals surface area (Å²) in [5.74, 6) is 0.197. The Morgan fingerprint density at radius 1 is 1.00 bits per heavy atom. The van der Waals surface area contributed by atoms with Gasteiger partial charge in [-0.3, -0.25) is 4.79 Å². The summed E-state index contributed by atoms with van der Waals surface area (Å²) >= 11 is 0. The second-order valence-corrected chi connectivity index (χ2v) is 5.83. The number of hydrogen-bond acceptors (Lipinski definition) is 2.